The molecule has 2 aliphatic rings. The first kappa shape index (κ1) is 23.2. The molecule has 1 fully saturated rings. The Kier molecular flexibility index (Phi) is 7.62. The highest BCUT2D eigenvalue weighted by Crippen LogP contribution is 2.45. The normalized spacial score (nSPS) is 23.8. The molecule has 1 saturated carbocycles. The van der Waals surface area contributed by atoms with Gasteiger partial charge in [-0.15, -0.1) is 0 Å². The topological polar surface area (TPSA) is 26.3 Å². The molecular weight excluding hydrogens is 344 g/mol. The third kappa shape index (κ3) is 5.97. The SMILES string of the molecule is CCC1(OC(=O)C2C=CC=C(C(CC(C)(C)C)C(C)(C)CC)C2)CCCCC1. The number of rotatable bonds is 7. The molecule has 2 aliphatic carbocycles. The number of esters is 1. The number of carbonyl (C=O) groups is 1. The number of allylic oxidation sites excluding steroid dienone is 3. The molecule has 0 N–H and O–H groups in total. The molecule has 2 nitrogen and oxygen atoms in total. The van der Waals surface area contributed by atoms with Gasteiger partial charge in [-0.2, -0.15) is 0 Å². The molecule has 2 heteroatoms. The van der Waals surface area contributed by atoms with E-state index >= 15 is 0 Å². The largest absolute Gasteiger partial charge is 0.459 e. The molecule has 0 heterocycles. The zero-order valence-corrected chi connectivity index (χ0v) is 19.6. The monoisotopic (exact) mass is 388 g/mol. The Morgan fingerprint density at radius 2 is 1.79 bits per heavy atom. The number of ether oxygens (including phenoxy) is 1. The van der Waals surface area contributed by atoms with E-state index in [0.717, 1.165) is 38.5 Å². The summed E-state index contributed by atoms with van der Waals surface area (Å²) in [5, 5.41) is 0. The van der Waals surface area contributed by atoms with Crippen LogP contribution in [0.2, 0.25) is 0 Å². The molecule has 160 valence electrons. The van der Waals surface area contributed by atoms with Crippen LogP contribution in [-0.4, -0.2) is 11.6 Å². The van der Waals surface area contributed by atoms with Crippen LogP contribution >= 0.6 is 0 Å². The summed E-state index contributed by atoms with van der Waals surface area (Å²) in [7, 11) is 0. The zero-order chi connectivity index (χ0) is 21.0. The van der Waals surface area contributed by atoms with Crippen molar-refractivity contribution >= 4 is 5.97 Å². The van der Waals surface area contributed by atoms with Crippen molar-refractivity contribution in [3.05, 3.63) is 23.8 Å². The van der Waals surface area contributed by atoms with E-state index < -0.39 is 0 Å². The van der Waals surface area contributed by atoms with Crippen molar-refractivity contribution in [2.75, 3.05) is 0 Å². The Morgan fingerprint density at radius 3 is 2.32 bits per heavy atom. The van der Waals surface area contributed by atoms with Gasteiger partial charge in [0, 0.05) is 0 Å². The number of hydrogen-bond acceptors (Lipinski definition) is 2. The quantitative estimate of drug-likeness (QED) is 0.419. The van der Waals surface area contributed by atoms with Gasteiger partial charge in [-0.1, -0.05) is 85.1 Å². The zero-order valence-electron chi connectivity index (χ0n) is 19.6. The summed E-state index contributed by atoms with van der Waals surface area (Å²) in [6.07, 6.45) is 16.2. The lowest BCUT2D eigenvalue weighted by Gasteiger charge is -2.41. The first-order chi connectivity index (χ1) is 13.0. The molecule has 2 rings (SSSR count). The van der Waals surface area contributed by atoms with Gasteiger partial charge in [-0.3, -0.25) is 4.79 Å². The fraction of sp³-hybridized carbons (Fsp3) is 0.808. The van der Waals surface area contributed by atoms with Gasteiger partial charge in [-0.05, 0) is 61.7 Å². The smallest absolute Gasteiger partial charge is 0.313 e. The van der Waals surface area contributed by atoms with Crippen molar-refractivity contribution in [3.8, 4) is 0 Å². The van der Waals surface area contributed by atoms with Crippen molar-refractivity contribution in [1.82, 2.24) is 0 Å². The van der Waals surface area contributed by atoms with Gasteiger partial charge in [0.2, 0.25) is 0 Å². The van der Waals surface area contributed by atoms with E-state index in [0.29, 0.717) is 5.92 Å². The molecule has 0 saturated heterocycles. The highest BCUT2D eigenvalue weighted by Gasteiger charge is 2.39. The summed E-state index contributed by atoms with van der Waals surface area (Å²) in [6, 6.07) is 0. The van der Waals surface area contributed by atoms with E-state index in [9.17, 15) is 4.79 Å². The van der Waals surface area contributed by atoms with Gasteiger partial charge in [0.1, 0.15) is 5.60 Å². The minimum absolute atomic E-state index is 0.00517. The Hall–Kier alpha value is -1.05. The second-order valence-corrected chi connectivity index (χ2v) is 11.1. The molecule has 0 aromatic heterocycles. The fourth-order valence-corrected chi connectivity index (χ4v) is 4.90. The van der Waals surface area contributed by atoms with Crippen LogP contribution in [0.5, 0.6) is 0 Å². The van der Waals surface area contributed by atoms with Crippen molar-refractivity contribution in [2.24, 2.45) is 22.7 Å². The third-order valence-electron chi connectivity index (χ3n) is 7.26. The predicted molar refractivity (Wildman–Crippen MR) is 119 cm³/mol. The van der Waals surface area contributed by atoms with Crippen molar-refractivity contribution in [1.29, 1.82) is 0 Å². The second-order valence-electron chi connectivity index (χ2n) is 11.1. The number of hydrogen-bond donors (Lipinski definition) is 0. The maximum atomic E-state index is 13.1. The summed E-state index contributed by atoms with van der Waals surface area (Å²) < 4.78 is 6.19. The van der Waals surface area contributed by atoms with E-state index in [4.69, 9.17) is 4.74 Å². The minimum Gasteiger partial charge on any atom is -0.459 e. The third-order valence-corrected chi connectivity index (χ3v) is 7.26. The van der Waals surface area contributed by atoms with E-state index in [2.05, 4.69) is 66.7 Å². The molecule has 28 heavy (non-hydrogen) atoms. The summed E-state index contributed by atoms with van der Waals surface area (Å²) >= 11 is 0. The lowest BCUT2D eigenvalue weighted by atomic mass is 9.65. The van der Waals surface area contributed by atoms with E-state index in [1.54, 1.807) is 0 Å². The predicted octanol–water partition coefficient (Wildman–Crippen LogP) is 7.63. The van der Waals surface area contributed by atoms with Crippen LogP contribution in [0.4, 0.5) is 0 Å². The number of carbonyl (C=O) groups excluding carboxylic acids is 1. The van der Waals surface area contributed by atoms with Gasteiger partial charge in [0.25, 0.3) is 0 Å². The van der Waals surface area contributed by atoms with Gasteiger partial charge < -0.3 is 4.74 Å². The lowest BCUT2D eigenvalue weighted by molar-refractivity contribution is -0.167. The second kappa shape index (κ2) is 9.18. The summed E-state index contributed by atoms with van der Waals surface area (Å²) in [5.74, 6) is 0.363. The van der Waals surface area contributed by atoms with E-state index in [1.165, 1.54) is 24.8 Å². The average molecular weight is 389 g/mol. The Bertz CT molecular complexity index is 582. The van der Waals surface area contributed by atoms with Crippen LogP contribution in [0.1, 0.15) is 106 Å². The molecule has 2 unspecified atom stereocenters. The van der Waals surface area contributed by atoms with Gasteiger partial charge in [0.15, 0.2) is 0 Å². The fourth-order valence-electron chi connectivity index (χ4n) is 4.90. The molecule has 0 amide bonds. The van der Waals surface area contributed by atoms with Crippen LogP contribution in [0.15, 0.2) is 23.8 Å². The van der Waals surface area contributed by atoms with Crippen LogP contribution in [-0.2, 0) is 9.53 Å². The highest BCUT2D eigenvalue weighted by atomic mass is 16.6. The van der Waals surface area contributed by atoms with Gasteiger partial charge >= 0.3 is 5.97 Å². The van der Waals surface area contributed by atoms with Crippen molar-refractivity contribution < 1.29 is 9.53 Å². The van der Waals surface area contributed by atoms with Crippen LogP contribution in [0, 0.1) is 22.7 Å². The first-order valence-corrected chi connectivity index (χ1v) is 11.6. The first-order valence-electron chi connectivity index (χ1n) is 11.6. The Balaban J connectivity index is 2.13. The summed E-state index contributed by atoms with van der Waals surface area (Å²) in [5.41, 5.74) is 1.72. The maximum absolute atomic E-state index is 13.1. The molecule has 0 aromatic carbocycles. The van der Waals surface area contributed by atoms with E-state index in [-0.39, 0.29) is 28.3 Å². The molecule has 0 aromatic rings. The molecular formula is C26H44O2. The van der Waals surface area contributed by atoms with Crippen LogP contribution in [0.3, 0.4) is 0 Å². The van der Waals surface area contributed by atoms with Crippen molar-refractivity contribution in [2.45, 2.75) is 112 Å². The average Bonchev–Trinajstić information content (AvgIpc) is 2.66. The van der Waals surface area contributed by atoms with Gasteiger partial charge in [-0.25, -0.2) is 0 Å². The molecule has 0 bridgehead atoms. The van der Waals surface area contributed by atoms with Crippen molar-refractivity contribution in [3.63, 3.8) is 0 Å². The molecule has 0 aliphatic heterocycles. The lowest BCUT2D eigenvalue weighted by Crippen LogP contribution is -2.39. The molecule has 0 radical (unpaired) electrons. The van der Waals surface area contributed by atoms with Crippen LogP contribution < -0.4 is 0 Å². The maximum Gasteiger partial charge on any atom is 0.313 e. The Morgan fingerprint density at radius 1 is 1.14 bits per heavy atom. The molecule has 2 atom stereocenters. The van der Waals surface area contributed by atoms with Gasteiger partial charge in [0.05, 0.1) is 5.92 Å². The van der Waals surface area contributed by atoms with E-state index in [1.807, 2.05) is 0 Å². The summed E-state index contributed by atoms with van der Waals surface area (Å²) in [4.78, 5) is 13.1. The van der Waals surface area contributed by atoms with Crippen LogP contribution in [0.25, 0.3) is 0 Å². The molecule has 0 spiro atoms. The Labute approximate surface area is 174 Å². The minimum atomic E-state index is -0.210. The standard InChI is InChI=1S/C26H44O2/c1-8-25(6,7)22(19-24(3,4)5)20-14-13-15-21(18-20)23(27)28-26(9-2)16-11-10-12-17-26/h13-15,21-22H,8-12,16-19H2,1-7H3. The summed E-state index contributed by atoms with van der Waals surface area (Å²) in [6.45, 7) is 16.2. The highest BCUT2D eigenvalue weighted by molar-refractivity contribution is 5.76.